The van der Waals surface area contributed by atoms with E-state index in [1.165, 1.54) is 5.56 Å². The maximum Gasteiger partial charge on any atom is 0.189 e. The Hall–Kier alpha value is -1.95. The second kappa shape index (κ2) is 7.95. The minimum Gasteiger partial charge on any atom is -0.356 e. The highest BCUT2D eigenvalue weighted by Gasteiger charge is 2.12. The van der Waals surface area contributed by atoms with Crippen LogP contribution in [-0.2, 0) is 0 Å². The topological polar surface area (TPSA) is 37.0 Å². The first-order valence-electron chi connectivity index (χ1n) is 7.89. The van der Waals surface area contributed by atoms with E-state index in [1.54, 1.807) is 11.3 Å². The molecular formula is C19H18ClN3S2. The number of benzene rings is 2. The lowest BCUT2D eigenvalue weighted by Crippen LogP contribution is -2.30. The maximum absolute atomic E-state index is 5.96. The van der Waals surface area contributed by atoms with Crippen molar-refractivity contribution in [1.29, 1.82) is 0 Å². The van der Waals surface area contributed by atoms with Crippen LogP contribution in [0, 0.1) is 6.92 Å². The van der Waals surface area contributed by atoms with Crippen LogP contribution in [0.2, 0.25) is 5.02 Å². The zero-order chi connectivity index (χ0) is 17.8. The lowest BCUT2D eigenvalue weighted by Gasteiger charge is -2.16. The number of nitrogens with zero attached hydrogens (tertiary/aromatic N) is 1. The van der Waals surface area contributed by atoms with E-state index in [2.05, 4.69) is 41.6 Å². The van der Waals surface area contributed by atoms with Gasteiger partial charge in [-0.3, -0.25) is 0 Å². The molecule has 1 aromatic heterocycles. The van der Waals surface area contributed by atoms with Crippen molar-refractivity contribution in [2.75, 3.05) is 5.32 Å². The van der Waals surface area contributed by atoms with Crippen LogP contribution in [0.3, 0.4) is 0 Å². The molecule has 25 heavy (non-hydrogen) atoms. The zero-order valence-electron chi connectivity index (χ0n) is 13.9. The zero-order valence-corrected chi connectivity index (χ0v) is 16.3. The molecule has 1 unspecified atom stereocenters. The monoisotopic (exact) mass is 387 g/mol. The fraction of sp³-hybridized carbons (Fsp3) is 0.158. The molecule has 0 aliphatic rings. The summed E-state index contributed by atoms with van der Waals surface area (Å²) in [4.78, 5) is 5.79. The van der Waals surface area contributed by atoms with Gasteiger partial charge in [0.2, 0.25) is 0 Å². The van der Waals surface area contributed by atoms with Crippen LogP contribution in [0.1, 0.15) is 23.4 Å². The average molecular weight is 388 g/mol. The van der Waals surface area contributed by atoms with Gasteiger partial charge in [0.15, 0.2) is 10.2 Å². The molecule has 0 spiro atoms. The number of thiocarbonyl (C=S) groups is 1. The normalized spacial score (nSPS) is 11.8. The largest absolute Gasteiger partial charge is 0.356 e. The molecule has 1 atom stereocenters. The maximum atomic E-state index is 5.96. The SMILES string of the molecule is Cc1sc(NC(=S)NC(C)c2ccccc2)nc1-c1ccc(Cl)cc1. The summed E-state index contributed by atoms with van der Waals surface area (Å²) in [7, 11) is 0. The van der Waals surface area contributed by atoms with E-state index < -0.39 is 0 Å². The minimum atomic E-state index is 0.123. The van der Waals surface area contributed by atoms with Gasteiger partial charge in [-0.2, -0.15) is 0 Å². The van der Waals surface area contributed by atoms with Gasteiger partial charge < -0.3 is 10.6 Å². The number of rotatable bonds is 4. The molecule has 2 aromatic carbocycles. The van der Waals surface area contributed by atoms with Crippen molar-refractivity contribution >= 4 is 45.4 Å². The Kier molecular flexibility index (Phi) is 5.68. The van der Waals surface area contributed by atoms with E-state index in [1.807, 2.05) is 42.5 Å². The van der Waals surface area contributed by atoms with Crippen LogP contribution in [-0.4, -0.2) is 10.1 Å². The summed E-state index contributed by atoms with van der Waals surface area (Å²) >= 11 is 13.0. The molecule has 0 fully saturated rings. The molecule has 6 heteroatoms. The number of nitrogens with one attached hydrogen (secondary N) is 2. The molecular weight excluding hydrogens is 370 g/mol. The Morgan fingerprint density at radius 1 is 1.12 bits per heavy atom. The van der Waals surface area contributed by atoms with E-state index in [0.717, 1.165) is 26.3 Å². The fourth-order valence-corrected chi connectivity index (χ4v) is 3.78. The van der Waals surface area contributed by atoms with Gasteiger partial charge in [0.1, 0.15) is 0 Å². The van der Waals surface area contributed by atoms with Crippen LogP contribution in [0.25, 0.3) is 11.3 Å². The Labute approximate surface area is 162 Å². The molecule has 0 amide bonds. The van der Waals surface area contributed by atoms with Crippen LogP contribution >= 0.6 is 35.2 Å². The molecule has 128 valence electrons. The Bertz CT molecular complexity index is 860. The van der Waals surface area contributed by atoms with Crippen LogP contribution in [0.5, 0.6) is 0 Å². The Morgan fingerprint density at radius 3 is 2.48 bits per heavy atom. The number of hydrogen-bond donors (Lipinski definition) is 2. The highest BCUT2D eigenvalue weighted by atomic mass is 35.5. The molecule has 1 heterocycles. The van der Waals surface area contributed by atoms with Gasteiger partial charge >= 0.3 is 0 Å². The number of halogens is 1. The van der Waals surface area contributed by atoms with Gasteiger partial charge in [0.25, 0.3) is 0 Å². The van der Waals surface area contributed by atoms with E-state index in [-0.39, 0.29) is 6.04 Å². The molecule has 0 aliphatic heterocycles. The van der Waals surface area contributed by atoms with E-state index in [0.29, 0.717) is 5.11 Å². The Morgan fingerprint density at radius 2 is 1.80 bits per heavy atom. The first-order chi connectivity index (χ1) is 12.0. The summed E-state index contributed by atoms with van der Waals surface area (Å²) in [6.07, 6.45) is 0. The second-order valence-electron chi connectivity index (χ2n) is 5.66. The van der Waals surface area contributed by atoms with Gasteiger partial charge in [-0.05, 0) is 43.8 Å². The highest BCUT2D eigenvalue weighted by Crippen LogP contribution is 2.31. The van der Waals surface area contributed by atoms with Crippen molar-refractivity contribution in [3.63, 3.8) is 0 Å². The lowest BCUT2D eigenvalue weighted by atomic mass is 10.1. The fourth-order valence-electron chi connectivity index (χ4n) is 2.48. The predicted molar refractivity (Wildman–Crippen MR) is 112 cm³/mol. The third-order valence-corrected chi connectivity index (χ3v) is 5.14. The standard InChI is InChI=1S/C19H18ClN3S2/c1-12(14-6-4-3-5-7-14)21-18(24)23-19-22-17(13(2)25-19)15-8-10-16(20)11-9-15/h3-12H,1-2H3,(H2,21,22,23,24). The third-order valence-electron chi connectivity index (χ3n) is 3.78. The van der Waals surface area contributed by atoms with Crippen molar-refractivity contribution in [2.45, 2.75) is 19.9 Å². The van der Waals surface area contributed by atoms with Crippen LogP contribution in [0.4, 0.5) is 5.13 Å². The van der Waals surface area contributed by atoms with Crippen molar-refractivity contribution < 1.29 is 0 Å². The average Bonchev–Trinajstić information content (AvgIpc) is 2.96. The minimum absolute atomic E-state index is 0.123. The van der Waals surface area contributed by atoms with Crippen LogP contribution < -0.4 is 10.6 Å². The van der Waals surface area contributed by atoms with Crippen molar-refractivity contribution in [3.8, 4) is 11.3 Å². The molecule has 3 aromatic rings. The van der Waals surface area contributed by atoms with Gasteiger partial charge in [0.05, 0.1) is 11.7 Å². The molecule has 0 saturated carbocycles. The first-order valence-corrected chi connectivity index (χ1v) is 9.49. The second-order valence-corrected chi connectivity index (χ2v) is 7.71. The molecule has 2 N–H and O–H groups in total. The van der Waals surface area contributed by atoms with Gasteiger partial charge in [-0.15, -0.1) is 11.3 Å². The van der Waals surface area contributed by atoms with E-state index in [4.69, 9.17) is 23.8 Å². The molecule has 0 bridgehead atoms. The third kappa shape index (κ3) is 4.57. The lowest BCUT2D eigenvalue weighted by molar-refractivity contribution is 0.722. The summed E-state index contributed by atoms with van der Waals surface area (Å²) < 4.78 is 0. The van der Waals surface area contributed by atoms with Gasteiger partial charge in [-0.25, -0.2) is 4.98 Å². The summed E-state index contributed by atoms with van der Waals surface area (Å²) in [5.74, 6) is 0. The van der Waals surface area contributed by atoms with Gasteiger partial charge in [0, 0.05) is 15.5 Å². The van der Waals surface area contributed by atoms with Crippen LogP contribution in [0.15, 0.2) is 54.6 Å². The molecule has 3 nitrogen and oxygen atoms in total. The molecule has 3 rings (SSSR count). The van der Waals surface area contributed by atoms with E-state index in [9.17, 15) is 0 Å². The summed E-state index contributed by atoms with van der Waals surface area (Å²) in [6, 6.07) is 18.0. The van der Waals surface area contributed by atoms with Crippen molar-refractivity contribution in [2.24, 2.45) is 0 Å². The molecule has 0 aliphatic carbocycles. The molecule has 0 saturated heterocycles. The summed E-state index contributed by atoms with van der Waals surface area (Å²) in [6.45, 7) is 4.13. The van der Waals surface area contributed by atoms with Gasteiger partial charge in [-0.1, -0.05) is 54.1 Å². The van der Waals surface area contributed by atoms with Crippen molar-refractivity contribution in [3.05, 3.63) is 70.1 Å². The smallest absolute Gasteiger partial charge is 0.189 e. The van der Waals surface area contributed by atoms with E-state index >= 15 is 0 Å². The number of anilines is 1. The Balaban J connectivity index is 1.68. The quantitative estimate of drug-likeness (QED) is 0.553. The first kappa shape index (κ1) is 17.9. The summed E-state index contributed by atoms with van der Waals surface area (Å²) in [5, 5.41) is 8.54. The predicted octanol–water partition coefficient (Wildman–Crippen LogP) is 5.82. The number of hydrogen-bond acceptors (Lipinski definition) is 3. The molecule has 0 radical (unpaired) electrons. The number of thiazole rings is 1. The summed E-state index contributed by atoms with van der Waals surface area (Å²) in [5.41, 5.74) is 3.18. The number of aryl methyl sites for hydroxylation is 1. The highest BCUT2D eigenvalue weighted by molar-refractivity contribution is 7.80. The number of aromatic nitrogens is 1. The van der Waals surface area contributed by atoms with Crippen molar-refractivity contribution in [1.82, 2.24) is 10.3 Å².